The van der Waals surface area contributed by atoms with E-state index >= 15 is 0 Å². The van der Waals surface area contributed by atoms with E-state index in [9.17, 15) is 4.79 Å². The summed E-state index contributed by atoms with van der Waals surface area (Å²) < 4.78 is 5.20. The lowest BCUT2D eigenvalue weighted by molar-refractivity contribution is 0.0944. The molecule has 0 saturated heterocycles. The van der Waals surface area contributed by atoms with E-state index in [1.165, 1.54) is 6.20 Å². The zero-order valence-corrected chi connectivity index (χ0v) is 12.5. The summed E-state index contributed by atoms with van der Waals surface area (Å²) in [5, 5.41) is 2.77. The molecule has 7 nitrogen and oxygen atoms in total. The van der Waals surface area contributed by atoms with Crippen LogP contribution in [0.4, 0.5) is 5.82 Å². The SMILES string of the molecule is CCOCCCNC(=O)c1cnc(-c2ccncc2)nc1N. The van der Waals surface area contributed by atoms with Crippen LogP contribution in [0.25, 0.3) is 11.4 Å². The van der Waals surface area contributed by atoms with E-state index in [1.54, 1.807) is 24.5 Å². The fourth-order valence-corrected chi connectivity index (χ4v) is 1.83. The molecule has 0 bridgehead atoms. The summed E-state index contributed by atoms with van der Waals surface area (Å²) in [6.45, 7) is 3.74. The van der Waals surface area contributed by atoms with Crippen molar-refractivity contribution in [3.8, 4) is 11.4 Å². The number of aromatic nitrogens is 3. The quantitative estimate of drug-likeness (QED) is 0.747. The van der Waals surface area contributed by atoms with Gasteiger partial charge in [-0.2, -0.15) is 0 Å². The second-order valence-corrected chi connectivity index (χ2v) is 4.53. The molecule has 2 aromatic rings. The second-order valence-electron chi connectivity index (χ2n) is 4.53. The number of nitrogens with zero attached hydrogens (tertiary/aromatic N) is 3. The van der Waals surface area contributed by atoms with Gasteiger partial charge in [0.25, 0.3) is 5.91 Å². The van der Waals surface area contributed by atoms with E-state index in [2.05, 4.69) is 20.3 Å². The Kier molecular flexibility index (Phi) is 5.79. The fourth-order valence-electron chi connectivity index (χ4n) is 1.83. The molecule has 1 amide bonds. The minimum atomic E-state index is -0.282. The Hall–Kier alpha value is -2.54. The fraction of sp³-hybridized carbons (Fsp3) is 0.333. The van der Waals surface area contributed by atoms with Gasteiger partial charge < -0.3 is 15.8 Å². The highest BCUT2D eigenvalue weighted by atomic mass is 16.5. The zero-order valence-electron chi connectivity index (χ0n) is 12.5. The molecule has 0 radical (unpaired) electrons. The molecule has 116 valence electrons. The van der Waals surface area contributed by atoms with Crippen molar-refractivity contribution in [2.45, 2.75) is 13.3 Å². The van der Waals surface area contributed by atoms with Gasteiger partial charge in [-0.3, -0.25) is 9.78 Å². The number of nitrogen functional groups attached to an aromatic ring is 1. The molecule has 0 spiro atoms. The number of amides is 1. The number of carbonyl (C=O) groups excluding carboxylic acids is 1. The normalized spacial score (nSPS) is 10.4. The predicted molar refractivity (Wildman–Crippen MR) is 83.1 cm³/mol. The molecule has 0 fully saturated rings. The van der Waals surface area contributed by atoms with Crippen molar-refractivity contribution >= 4 is 11.7 Å². The molecule has 0 saturated carbocycles. The lowest BCUT2D eigenvalue weighted by Gasteiger charge is -2.08. The first-order chi connectivity index (χ1) is 10.7. The number of nitrogens with two attached hydrogens (primary N) is 1. The molecule has 3 N–H and O–H groups in total. The van der Waals surface area contributed by atoms with Crippen molar-refractivity contribution in [2.24, 2.45) is 0 Å². The molecule has 0 aliphatic rings. The first kappa shape index (κ1) is 15.8. The van der Waals surface area contributed by atoms with Crippen LogP contribution >= 0.6 is 0 Å². The van der Waals surface area contributed by atoms with Crippen LogP contribution < -0.4 is 11.1 Å². The van der Waals surface area contributed by atoms with E-state index in [0.717, 1.165) is 12.0 Å². The Morgan fingerprint density at radius 2 is 2.14 bits per heavy atom. The highest BCUT2D eigenvalue weighted by Gasteiger charge is 2.12. The van der Waals surface area contributed by atoms with Gasteiger partial charge in [0, 0.05) is 43.9 Å². The summed E-state index contributed by atoms with van der Waals surface area (Å²) in [5.74, 6) is 0.340. The van der Waals surface area contributed by atoms with E-state index in [1.807, 2.05) is 6.92 Å². The van der Waals surface area contributed by atoms with Crippen molar-refractivity contribution in [1.82, 2.24) is 20.3 Å². The van der Waals surface area contributed by atoms with Crippen LogP contribution in [0.15, 0.2) is 30.7 Å². The van der Waals surface area contributed by atoms with Gasteiger partial charge in [-0.05, 0) is 25.5 Å². The van der Waals surface area contributed by atoms with Crippen molar-refractivity contribution < 1.29 is 9.53 Å². The molecule has 0 atom stereocenters. The lowest BCUT2D eigenvalue weighted by Crippen LogP contribution is -2.26. The van der Waals surface area contributed by atoms with Crippen LogP contribution in [0.3, 0.4) is 0 Å². The smallest absolute Gasteiger partial charge is 0.256 e. The monoisotopic (exact) mass is 301 g/mol. The van der Waals surface area contributed by atoms with Crippen LogP contribution in [0.5, 0.6) is 0 Å². The Morgan fingerprint density at radius 1 is 1.36 bits per heavy atom. The van der Waals surface area contributed by atoms with Gasteiger partial charge in [0.15, 0.2) is 5.82 Å². The molecule has 2 rings (SSSR count). The summed E-state index contributed by atoms with van der Waals surface area (Å²) in [4.78, 5) is 24.3. The maximum atomic E-state index is 12.0. The highest BCUT2D eigenvalue weighted by Crippen LogP contribution is 2.16. The van der Waals surface area contributed by atoms with Crippen LogP contribution in [0, 0.1) is 0 Å². The van der Waals surface area contributed by atoms with Gasteiger partial charge in [0.05, 0.1) is 5.56 Å². The summed E-state index contributed by atoms with van der Waals surface area (Å²) in [5.41, 5.74) is 6.93. The van der Waals surface area contributed by atoms with Crippen LogP contribution in [-0.2, 0) is 4.74 Å². The number of hydrogen-bond donors (Lipinski definition) is 2. The first-order valence-electron chi connectivity index (χ1n) is 7.11. The third-order valence-electron chi connectivity index (χ3n) is 2.96. The molecule has 0 aliphatic heterocycles. The largest absolute Gasteiger partial charge is 0.383 e. The molecule has 7 heteroatoms. The number of anilines is 1. The number of nitrogens with one attached hydrogen (secondary N) is 1. The van der Waals surface area contributed by atoms with E-state index in [-0.39, 0.29) is 17.3 Å². The van der Waals surface area contributed by atoms with Crippen molar-refractivity contribution in [3.63, 3.8) is 0 Å². The third kappa shape index (κ3) is 4.23. The Bertz CT molecular complexity index is 619. The molecule has 0 aromatic carbocycles. The maximum absolute atomic E-state index is 12.0. The summed E-state index contributed by atoms with van der Waals surface area (Å²) in [6, 6.07) is 3.56. The molecular weight excluding hydrogens is 282 g/mol. The summed E-state index contributed by atoms with van der Waals surface area (Å²) in [7, 11) is 0. The van der Waals surface area contributed by atoms with Crippen molar-refractivity contribution in [1.29, 1.82) is 0 Å². The van der Waals surface area contributed by atoms with Gasteiger partial charge in [-0.25, -0.2) is 9.97 Å². The molecule has 2 heterocycles. The summed E-state index contributed by atoms with van der Waals surface area (Å²) >= 11 is 0. The van der Waals surface area contributed by atoms with Crippen molar-refractivity contribution in [2.75, 3.05) is 25.5 Å². The van der Waals surface area contributed by atoms with Crippen LogP contribution in [0.1, 0.15) is 23.7 Å². The molecule has 2 aromatic heterocycles. The van der Waals surface area contributed by atoms with E-state index < -0.39 is 0 Å². The zero-order chi connectivity index (χ0) is 15.8. The number of carbonyl (C=O) groups is 1. The predicted octanol–water partition coefficient (Wildman–Crippen LogP) is 1.28. The molecule has 0 aliphatic carbocycles. The number of rotatable bonds is 7. The standard InChI is InChI=1S/C15H19N5O2/c1-2-22-9-3-6-18-15(21)12-10-19-14(20-13(12)16)11-4-7-17-8-5-11/h4-5,7-8,10H,2-3,6,9H2,1H3,(H,18,21)(H2,16,19,20). The number of ether oxygens (including phenoxy) is 1. The van der Waals surface area contributed by atoms with Gasteiger partial charge in [0.2, 0.25) is 0 Å². The molecule has 22 heavy (non-hydrogen) atoms. The maximum Gasteiger partial charge on any atom is 0.256 e. The number of hydrogen-bond acceptors (Lipinski definition) is 6. The third-order valence-corrected chi connectivity index (χ3v) is 2.96. The van der Waals surface area contributed by atoms with Crippen LogP contribution in [-0.4, -0.2) is 40.6 Å². The number of pyridine rings is 1. The topological polar surface area (TPSA) is 103 Å². The first-order valence-corrected chi connectivity index (χ1v) is 7.11. The Labute approximate surface area is 129 Å². The van der Waals surface area contributed by atoms with Gasteiger partial charge in [0.1, 0.15) is 5.82 Å². The minimum absolute atomic E-state index is 0.157. The highest BCUT2D eigenvalue weighted by molar-refractivity contribution is 5.98. The van der Waals surface area contributed by atoms with Gasteiger partial charge in [-0.15, -0.1) is 0 Å². The van der Waals surface area contributed by atoms with Gasteiger partial charge in [-0.1, -0.05) is 0 Å². The molecular formula is C15H19N5O2. The lowest BCUT2D eigenvalue weighted by atomic mass is 10.2. The van der Waals surface area contributed by atoms with Crippen LogP contribution in [0.2, 0.25) is 0 Å². The Morgan fingerprint density at radius 3 is 2.82 bits per heavy atom. The summed E-state index contributed by atoms with van der Waals surface area (Å²) in [6.07, 6.45) is 5.48. The van der Waals surface area contributed by atoms with Crippen molar-refractivity contribution in [3.05, 3.63) is 36.3 Å². The van der Waals surface area contributed by atoms with E-state index in [4.69, 9.17) is 10.5 Å². The Balaban J connectivity index is 1.99. The second kappa shape index (κ2) is 8.04. The van der Waals surface area contributed by atoms with E-state index in [0.29, 0.717) is 25.6 Å². The molecule has 0 unspecified atom stereocenters. The van der Waals surface area contributed by atoms with Gasteiger partial charge >= 0.3 is 0 Å². The average molecular weight is 301 g/mol. The minimum Gasteiger partial charge on any atom is -0.383 e. The average Bonchev–Trinajstić information content (AvgIpc) is 2.55.